The van der Waals surface area contributed by atoms with Crippen LogP contribution in [0.3, 0.4) is 0 Å². The van der Waals surface area contributed by atoms with Gasteiger partial charge in [0.15, 0.2) is 0 Å². The minimum Gasteiger partial charge on any atom is -0.326 e. The van der Waals surface area contributed by atoms with Crippen molar-refractivity contribution in [1.82, 2.24) is 0 Å². The van der Waals surface area contributed by atoms with Gasteiger partial charge in [0.25, 0.3) is 10.0 Å². The molecule has 2 N–H and O–H groups in total. The Morgan fingerprint density at radius 3 is 2.19 bits per heavy atom. The molecule has 1 aliphatic heterocycles. The molecule has 0 radical (unpaired) electrons. The Bertz CT molecular complexity index is 1100. The van der Waals surface area contributed by atoms with Crippen LogP contribution in [0, 0.1) is 11.3 Å². The predicted octanol–water partition coefficient (Wildman–Crippen LogP) is 4.02. The van der Waals surface area contributed by atoms with E-state index in [0.717, 1.165) is 11.3 Å². The number of hydrogen-bond donors (Lipinski definition) is 2. The molecular formula is C23H29N3O4S. The van der Waals surface area contributed by atoms with Gasteiger partial charge in [-0.05, 0) is 54.4 Å². The summed E-state index contributed by atoms with van der Waals surface area (Å²) in [5.41, 5.74) is 2.26. The van der Waals surface area contributed by atoms with E-state index in [4.69, 9.17) is 0 Å². The van der Waals surface area contributed by atoms with Crippen LogP contribution in [-0.2, 0) is 26.0 Å². The third kappa shape index (κ3) is 5.07. The van der Waals surface area contributed by atoms with Crippen molar-refractivity contribution in [3.63, 3.8) is 0 Å². The maximum absolute atomic E-state index is 12.8. The molecule has 2 aromatic rings. The number of amides is 2. The van der Waals surface area contributed by atoms with E-state index in [1.54, 1.807) is 49.1 Å². The molecule has 166 valence electrons. The number of nitrogens with one attached hydrogen (secondary N) is 2. The van der Waals surface area contributed by atoms with Crippen molar-refractivity contribution >= 4 is 38.9 Å². The summed E-state index contributed by atoms with van der Waals surface area (Å²) in [4.78, 5) is 26.3. The lowest BCUT2D eigenvalue weighted by atomic mass is 9.94. The van der Waals surface area contributed by atoms with Crippen LogP contribution in [0.2, 0.25) is 0 Å². The van der Waals surface area contributed by atoms with E-state index in [0.29, 0.717) is 24.3 Å². The summed E-state index contributed by atoms with van der Waals surface area (Å²) >= 11 is 0. The molecule has 7 nitrogen and oxygen atoms in total. The van der Waals surface area contributed by atoms with Gasteiger partial charge >= 0.3 is 0 Å². The Balaban J connectivity index is 1.75. The molecule has 2 aromatic carbocycles. The van der Waals surface area contributed by atoms with E-state index in [-0.39, 0.29) is 22.6 Å². The second kappa shape index (κ2) is 8.34. The lowest BCUT2D eigenvalue weighted by Crippen LogP contribution is -2.38. The van der Waals surface area contributed by atoms with E-state index >= 15 is 0 Å². The van der Waals surface area contributed by atoms with Crippen molar-refractivity contribution in [2.75, 3.05) is 21.5 Å². The van der Waals surface area contributed by atoms with Gasteiger partial charge in [0.1, 0.15) is 0 Å². The summed E-state index contributed by atoms with van der Waals surface area (Å²) in [5.74, 6) is -0.255. The normalized spacial score (nSPS) is 13.8. The van der Waals surface area contributed by atoms with Gasteiger partial charge in [0.05, 0.1) is 4.90 Å². The zero-order chi connectivity index (χ0) is 23.0. The van der Waals surface area contributed by atoms with Gasteiger partial charge in [-0.25, -0.2) is 8.42 Å². The van der Waals surface area contributed by atoms with Gasteiger partial charge in [0, 0.05) is 34.9 Å². The molecule has 0 fully saturated rings. The standard InChI is InChI=1S/C23H29N3O4S/c1-15(2)21(27)24-17-6-9-19(10-7-17)31(29,30)25-18-8-11-20-16(14-18)12-13-26(20)22(28)23(3,4)5/h6-11,14-15,25H,12-13H2,1-5H3,(H,24,27). The highest BCUT2D eigenvalue weighted by Gasteiger charge is 2.32. The van der Waals surface area contributed by atoms with Crippen LogP contribution < -0.4 is 14.9 Å². The summed E-state index contributed by atoms with van der Waals surface area (Å²) in [7, 11) is -3.79. The number of sulfonamides is 1. The summed E-state index contributed by atoms with van der Waals surface area (Å²) in [6.07, 6.45) is 0.678. The third-order valence-corrected chi connectivity index (χ3v) is 6.47. The topological polar surface area (TPSA) is 95.6 Å². The first-order valence-corrected chi connectivity index (χ1v) is 11.8. The van der Waals surface area contributed by atoms with Crippen LogP contribution in [0.4, 0.5) is 17.1 Å². The fourth-order valence-corrected chi connectivity index (χ4v) is 4.35. The Kier molecular flexibility index (Phi) is 6.14. The molecule has 1 heterocycles. The van der Waals surface area contributed by atoms with E-state index in [9.17, 15) is 18.0 Å². The quantitative estimate of drug-likeness (QED) is 0.730. The van der Waals surface area contributed by atoms with Gasteiger partial charge in [-0.2, -0.15) is 0 Å². The highest BCUT2D eigenvalue weighted by Crippen LogP contribution is 2.34. The first-order valence-electron chi connectivity index (χ1n) is 10.3. The summed E-state index contributed by atoms with van der Waals surface area (Å²) in [5, 5.41) is 2.74. The third-order valence-electron chi connectivity index (χ3n) is 5.07. The lowest BCUT2D eigenvalue weighted by Gasteiger charge is -2.26. The number of hydrogen-bond acceptors (Lipinski definition) is 4. The smallest absolute Gasteiger partial charge is 0.261 e. The van der Waals surface area contributed by atoms with Gasteiger partial charge in [0.2, 0.25) is 11.8 Å². The van der Waals surface area contributed by atoms with E-state index < -0.39 is 15.4 Å². The summed E-state index contributed by atoms with van der Waals surface area (Å²) < 4.78 is 28.2. The van der Waals surface area contributed by atoms with E-state index in [2.05, 4.69) is 10.0 Å². The van der Waals surface area contributed by atoms with Crippen LogP contribution >= 0.6 is 0 Å². The van der Waals surface area contributed by atoms with E-state index in [1.165, 1.54) is 12.1 Å². The van der Waals surface area contributed by atoms with Gasteiger partial charge in [-0.15, -0.1) is 0 Å². The number of nitrogens with zero attached hydrogens (tertiary/aromatic N) is 1. The zero-order valence-corrected chi connectivity index (χ0v) is 19.3. The Morgan fingerprint density at radius 2 is 1.61 bits per heavy atom. The van der Waals surface area contributed by atoms with Crippen LogP contribution in [0.1, 0.15) is 40.2 Å². The van der Waals surface area contributed by atoms with Crippen LogP contribution in [0.15, 0.2) is 47.4 Å². The molecule has 1 aliphatic rings. The number of fused-ring (bicyclic) bond motifs is 1. The van der Waals surface area contributed by atoms with Gasteiger partial charge in [-0.1, -0.05) is 34.6 Å². The lowest BCUT2D eigenvalue weighted by molar-refractivity contribution is -0.125. The molecule has 31 heavy (non-hydrogen) atoms. The number of anilines is 3. The number of carbonyl (C=O) groups is 2. The molecule has 3 rings (SSSR count). The first kappa shape index (κ1) is 22.8. The molecular weight excluding hydrogens is 414 g/mol. The molecule has 0 saturated heterocycles. The largest absolute Gasteiger partial charge is 0.326 e. The maximum Gasteiger partial charge on any atom is 0.261 e. The number of benzene rings is 2. The van der Waals surface area contributed by atoms with Crippen LogP contribution in [-0.4, -0.2) is 26.8 Å². The van der Waals surface area contributed by atoms with Gasteiger partial charge < -0.3 is 10.2 Å². The average Bonchev–Trinajstić information content (AvgIpc) is 3.09. The molecule has 0 bridgehead atoms. The Morgan fingerprint density at radius 1 is 1.00 bits per heavy atom. The van der Waals surface area contributed by atoms with Crippen molar-refractivity contribution in [3.05, 3.63) is 48.0 Å². The van der Waals surface area contributed by atoms with E-state index in [1.807, 2.05) is 20.8 Å². The molecule has 2 amide bonds. The zero-order valence-electron chi connectivity index (χ0n) is 18.5. The van der Waals surface area contributed by atoms with Crippen molar-refractivity contribution in [3.8, 4) is 0 Å². The SMILES string of the molecule is CC(C)C(=O)Nc1ccc(S(=O)(=O)Nc2ccc3c(c2)CCN3C(=O)C(C)(C)C)cc1. The molecule has 0 spiro atoms. The molecule has 0 aliphatic carbocycles. The number of rotatable bonds is 5. The van der Waals surface area contributed by atoms with Crippen LogP contribution in [0.5, 0.6) is 0 Å². The number of carbonyl (C=O) groups excluding carboxylic acids is 2. The van der Waals surface area contributed by atoms with Crippen molar-refractivity contribution < 1.29 is 18.0 Å². The minimum absolute atomic E-state index is 0.0456. The monoisotopic (exact) mass is 443 g/mol. The molecule has 0 aromatic heterocycles. The fraction of sp³-hybridized carbons (Fsp3) is 0.391. The fourth-order valence-electron chi connectivity index (χ4n) is 3.30. The van der Waals surface area contributed by atoms with Gasteiger partial charge in [-0.3, -0.25) is 14.3 Å². The van der Waals surface area contributed by atoms with Crippen molar-refractivity contribution in [1.29, 1.82) is 0 Å². The first-order chi connectivity index (χ1) is 14.4. The average molecular weight is 444 g/mol. The predicted molar refractivity (Wildman–Crippen MR) is 123 cm³/mol. The Hall–Kier alpha value is -2.87. The summed E-state index contributed by atoms with van der Waals surface area (Å²) in [6, 6.07) is 11.3. The molecule has 8 heteroatoms. The van der Waals surface area contributed by atoms with Crippen molar-refractivity contribution in [2.45, 2.75) is 45.9 Å². The minimum atomic E-state index is -3.79. The van der Waals surface area contributed by atoms with Crippen LogP contribution in [0.25, 0.3) is 0 Å². The molecule has 0 atom stereocenters. The maximum atomic E-state index is 12.8. The highest BCUT2D eigenvalue weighted by molar-refractivity contribution is 7.92. The molecule has 0 unspecified atom stereocenters. The molecule has 0 saturated carbocycles. The second-order valence-electron chi connectivity index (χ2n) is 9.07. The van der Waals surface area contributed by atoms with Crippen molar-refractivity contribution in [2.24, 2.45) is 11.3 Å². The Labute approximate surface area is 183 Å². The second-order valence-corrected chi connectivity index (χ2v) is 10.8. The highest BCUT2D eigenvalue weighted by atomic mass is 32.2. The summed E-state index contributed by atoms with van der Waals surface area (Å²) in [6.45, 7) is 9.81.